The summed E-state index contributed by atoms with van der Waals surface area (Å²) in [5.41, 5.74) is 6.12. The number of likely N-dealkylation sites (tertiary alicyclic amines) is 2. The number of allylic oxidation sites excluding steroid dienone is 4. The summed E-state index contributed by atoms with van der Waals surface area (Å²) in [6, 6.07) is 0. The molecule has 11 rings (SSSR count). The summed E-state index contributed by atoms with van der Waals surface area (Å²) in [7, 11) is 0. The van der Waals surface area contributed by atoms with Gasteiger partial charge in [0.1, 0.15) is 0 Å². The van der Waals surface area contributed by atoms with Crippen LogP contribution in [0, 0.1) is 36.5 Å². The number of ketones is 2. The highest BCUT2D eigenvalue weighted by Crippen LogP contribution is 2.77. The van der Waals surface area contributed by atoms with Crippen molar-refractivity contribution >= 4 is 23.4 Å². The minimum atomic E-state index is -0.494. The second-order valence-corrected chi connectivity index (χ2v) is 13.9. The van der Waals surface area contributed by atoms with Crippen molar-refractivity contribution in [2.45, 2.75) is 56.8 Å². The Balaban J connectivity index is 0.917. The van der Waals surface area contributed by atoms with Crippen LogP contribution in [0.25, 0.3) is 0 Å². The van der Waals surface area contributed by atoms with Gasteiger partial charge in [0.15, 0.2) is 0 Å². The average molecular weight is 521 g/mol. The molecule has 8 heteroatoms. The van der Waals surface area contributed by atoms with Gasteiger partial charge in [0, 0.05) is 59.9 Å². The van der Waals surface area contributed by atoms with Gasteiger partial charge in [-0.1, -0.05) is 0 Å². The van der Waals surface area contributed by atoms with Crippen LogP contribution in [0.15, 0.2) is 35.9 Å². The minimum Gasteiger partial charge on any atom is -0.358 e. The van der Waals surface area contributed by atoms with Crippen molar-refractivity contribution in [2.75, 3.05) is 13.1 Å². The van der Waals surface area contributed by atoms with Crippen molar-refractivity contribution < 1.29 is 19.2 Å². The molecule has 0 radical (unpaired) electrons. The lowest BCUT2D eigenvalue weighted by atomic mass is 9.34. The number of fused-ring (bicyclic) bond motifs is 2. The maximum atomic E-state index is 14.0. The maximum Gasteiger partial charge on any atom is 0.233 e. The van der Waals surface area contributed by atoms with Gasteiger partial charge in [0.2, 0.25) is 23.4 Å². The lowest BCUT2D eigenvalue weighted by Crippen LogP contribution is -2.72. The molecule has 2 saturated heterocycles. The molecule has 2 N–H and O–H groups in total. The number of aromatic amines is 2. The molecule has 2 amide bonds. The van der Waals surface area contributed by atoms with E-state index in [1.807, 2.05) is 36.0 Å². The summed E-state index contributed by atoms with van der Waals surface area (Å²) in [4.78, 5) is 63.9. The molecule has 8 nitrogen and oxygen atoms in total. The number of aryl methyl sites for hydroxylation is 2. The summed E-state index contributed by atoms with van der Waals surface area (Å²) in [5.74, 6) is 0.820. The van der Waals surface area contributed by atoms with E-state index in [2.05, 4.69) is 9.97 Å². The van der Waals surface area contributed by atoms with Crippen LogP contribution >= 0.6 is 0 Å². The lowest BCUT2D eigenvalue weighted by molar-refractivity contribution is -0.219. The molecular weight excluding hydrogens is 492 g/mol. The molecule has 2 bridgehead atoms. The van der Waals surface area contributed by atoms with Crippen molar-refractivity contribution in [1.29, 1.82) is 0 Å². The fraction of sp³-hybridized carbons (Fsp3) is 0.484. The van der Waals surface area contributed by atoms with Crippen molar-refractivity contribution in [3.63, 3.8) is 0 Å². The number of nitrogens with one attached hydrogen (secondary N) is 2. The van der Waals surface area contributed by atoms with E-state index in [9.17, 15) is 19.2 Å². The molecule has 39 heavy (non-hydrogen) atoms. The Morgan fingerprint density at radius 2 is 1.15 bits per heavy atom. The molecule has 5 saturated carbocycles. The number of amides is 2. The van der Waals surface area contributed by atoms with Crippen molar-refractivity contribution in [1.82, 2.24) is 19.8 Å². The van der Waals surface area contributed by atoms with E-state index in [0.717, 1.165) is 46.5 Å². The van der Waals surface area contributed by atoms with Gasteiger partial charge in [-0.05, 0) is 80.0 Å². The molecule has 2 aromatic heterocycles. The molecule has 4 heterocycles. The highest BCUT2D eigenvalue weighted by Gasteiger charge is 2.79. The second-order valence-electron chi connectivity index (χ2n) is 13.9. The quantitative estimate of drug-likeness (QED) is 0.634. The zero-order valence-electron chi connectivity index (χ0n) is 21.9. The normalized spacial score (nSPS) is 40.8. The SMILES string of the molecule is Cc1c[nH]c2c1[C@@]13C[C@@H]1CN(C(=O)C14CC(C(=O)N5C[C@H]6C[C@@]67C5=CC(=O)c5[nH]cc(C)c57)(C1)C4)C3=CC2=O. The molecule has 0 aromatic carbocycles. The third-order valence-electron chi connectivity index (χ3n) is 12.0. The first-order chi connectivity index (χ1) is 18.7. The van der Waals surface area contributed by atoms with E-state index >= 15 is 0 Å². The molecule has 7 fully saturated rings. The first-order valence-electron chi connectivity index (χ1n) is 14.2. The van der Waals surface area contributed by atoms with E-state index in [1.54, 1.807) is 12.2 Å². The monoisotopic (exact) mass is 520 g/mol. The van der Waals surface area contributed by atoms with Crippen LogP contribution in [0.4, 0.5) is 0 Å². The largest absolute Gasteiger partial charge is 0.358 e. The van der Waals surface area contributed by atoms with Gasteiger partial charge < -0.3 is 19.8 Å². The molecular formula is C31H28N4O4. The summed E-state index contributed by atoms with van der Waals surface area (Å²) >= 11 is 0. The zero-order chi connectivity index (χ0) is 26.4. The van der Waals surface area contributed by atoms with E-state index in [4.69, 9.17) is 0 Å². The van der Waals surface area contributed by atoms with Crippen LogP contribution in [0.2, 0.25) is 0 Å². The number of hydrogen-bond acceptors (Lipinski definition) is 4. The highest BCUT2D eigenvalue weighted by molar-refractivity contribution is 6.10. The molecule has 4 atom stereocenters. The van der Waals surface area contributed by atoms with E-state index in [0.29, 0.717) is 55.6 Å². The van der Waals surface area contributed by atoms with Crippen LogP contribution in [-0.4, -0.2) is 56.2 Å². The number of aromatic nitrogens is 2. The third kappa shape index (κ3) is 1.99. The van der Waals surface area contributed by atoms with Gasteiger partial charge in [-0.15, -0.1) is 0 Å². The highest BCUT2D eigenvalue weighted by atomic mass is 16.2. The first-order valence-corrected chi connectivity index (χ1v) is 14.2. The molecule has 2 aliphatic heterocycles. The Labute approximate surface area is 224 Å². The number of carbonyl (C=O) groups excluding carboxylic acids is 4. The smallest absolute Gasteiger partial charge is 0.233 e. The van der Waals surface area contributed by atoms with Gasteiger partial charge in [0.25, 0.3) is 0 Å². The summed E-state index contributed by atoms with van der Waals surface area (Å²) in [6.45, 7) is 5.40. The third-order valence-corrected chi connectivity index (χ3v) is 12.0. The van der Waals surface area contributed by atoms with E-state index < -0.39 is 10.8 Å². The van der Waals surface area contributed by atoms with E-state index in [1.165, 1.54) is 0 Å². The molecule has 7 aliphatic carbocycles. The molecule has 196 valence electrons. The molecule has 2 aromatic rings. The predicted molar refractivity (Wildman–Crippen MR) is 138 cm³/mol. The Morgan fingerprint density at radius 3 is 1.56 bits per heavy atom. The van der Waals surface area contributed by atoms with Gasteiger partial charge in [0.05, 0.1) is 22.2 Å². The Bertz CT molecular complexity index is 1610. The Kier molecular flexibility index (Phi) is 3.13. The molecule has 0 unspecified atom stereocenters. The Hall–Kier alpha value is -3.68. The predicted octanol–water partition coefficient (Wildman–Crippen LogP) is 3.19. The standard InChI is InChI=1S/C31H28N4O4/c1-14-7-32-24-18(36)3-20-30(22(14)24)5-16(30)9-34(20)26(38)28-11-29(12-28,13-28)27(39)35-10-17-6-31(17)21(35)4-19(37)25-23(31)15(2)8-33-25/h3-4,7-8,16-17,32-33H,5-6,9-13H2,1-2H3/t16-,17-,28?,29?,30+,31+/m1/s1. The second kappa shape index (κ2) is 5.76. The fourth-order valence-corrected chi connectivity index (χ4v) is 10.3. The number of rotatable bonds is 2. The van der Waals surface area contributed by atoms with Gasteiger partial charge in [-0.2, -0.15) is 0 Å². The lowest BCUT2D eigenvalue weighted by Gasteiger charge is -2.69. The summed E-state index contributed by atoms with van der Waals surface area (Å²) in [6.07, 6.45) is 10.9. The van der Waals surface area contributed by atoms with Crippen molar-refractivity contribution in [3.05, 3.63) is 69.6 Å². The Morgan fingerprint density at radius 1 is 0.744 bits per heavy atom. The van der Waals surface area contributed by atoms with Crippen LogP contribution in [0.3, 0.4) is 0 Å². The van der Waals surface area contributed by atoms with Crippen LogP contribution in [-0.2, 0) is 20.4 Å². The average Bonchev–Trinajstić information content (AvgIpc) is 3.45. The first kappa shape index (κ1) is 21.2. The summed E-state index contributed by atoms with van der Waals surface area (Å²) < 4.78 is 0. The van der Waals surface area contributed by atoms with Crippen LogP contribution in [0.5, 0.6) is 0 Å². The molecule has 2 spiro atoms. The van der Waals surface area contributed by atoms with Crippen molar-refractivity contribution in [3.8, 4) is 0 Å². The van der Waals surface area contributed by atoms with E-state index in [-0.39, 0.29) is 34.2 Å². The maximum absolute atomic E-state index is 14.0. The number of piperidine rings is 2. The number of hydrogen-bond donors (Lipinski definition) is 2. The number of H-pyrrole nitrogens is 2. The topological polar surface area (TPSA) is 106 Å². The van der Waals surface area contributed by atoms with Crippen LogP contribution in [0.1, 0.15) is 75.3 Å². The van der Waals surface area contributed by atoms with Crippen molar-refractivity contribution in [2.24, 2.45) is 22.7 Å². The molecule has 9 aliphatic rings. The number of nitrogens with zero attached hydrogens (tertiary/aromatic N) is 2. The van der Waals surface area contributed by atoms with Crippen LogP contribution < -0.4 is 0 Å². The van der Waals surface area contributed by atoms with Gasteiger partial charge in [-0.3, -0.25) is 19.2 Å². The van der Waals surface area contributed by atoms with Gasteiger partial charge >= 0.3 is 0 Å². The minimum absolute atomic E-state index is 0.0500. The fourth-order valence-electron chi connectivity index (χ4n) is 10.3. The summed E-state index contributed by atoms with van der Waals surface area (Å²) in [5, 5.41) is 0. The number of carbonyl (C=O) groups is 4. The zero-order valence-corrected chi connectivity index (χ0v) is 21.9. The van der Waals surface area contributed by atoms with Gasteiger partial charge in [-0.25, -0.2) is 0 Å².